The average molecular weight is 374 g/mol. The van der Waals surface area contributed by atoms with Crippen molar-refractivity contribution in [2.75, 3.05) is 5.32 Å². The molecule has 0 saturated heterocycles. The maximum Gasteiger partial charge on any atom is 0.259 e. The summed E-state index contributed by atoms with van der Waals surface area (Å²) in [5, 5.41) is 12.0. The van der Waals surface area contributed by atoms with Crippen molar-refractivity contribution in [3.8, 4) is 0 Å². The van der Waals surface area contributed by atoms with E-state index in [4.69, 9.17) is 11.6 Å². The Morgan fingerprint density at radius 3 is 2.48 bits per heavy atom. The van der Waals surface area contributed by atoms with Crippen LogP contribution >= 0.6 is 23.4 Å². The van der Waals surface area contributed by atoms with Gasteiger partial charge in [-0.15, -0.1) is 10.2 Å². The van der Waals surface area contributed by atoms with E-state index in [0.29, 0.717) is 5.02 Å². The van der Waals surface area contributed by atoms with Gasteiger partial charge in [-0.1, -0.05) is 47.6 Å². The average Bonchev–Trinajstić information content (AvgIpc) is 2.63. The molecule has 126 valence electrons. The van der Waals surface area contributed by atoms with Crippen LogP contribution in [0, 0.1) is 5.82 Å². The number of hydrogen-bond donors (Lipinski definition) is 1. The van der Waals surface area contributed by atoms with Crippen molar-refractivity contribution in [3.05, 3.63) is 82.6 Å². The van der Waals surface area contributed by atoms with Crippen molar-refractivity contribution in [3.63, 3.8) is 0 Å². The Bertz CT molecular complexity index is 872. The minimum Gasteiger partial charge on any atom is -0.305 e. The van der Waals surface area contributed by atoms with Gasteiger partial charge in [0, 0.05) is 10.8 Å². The molecular weight excluding hydrogens is 361 g/mol. The van der Waals surface area contributed by atoms with Crippen LogP contribution in [0.15, 0.2) is 65.7 Å². The molecule has 25 heavy (non-hydrogen) atoms. The van der Waals surface area contributed by atoms with Gasteiger partial charge in [0.25, 0.3) is 5.91 Å². The second-order valence-electron chi connectivity index (χ2n) is 5.11. The molecule has 1 heterocycles. The van der Waals surface area contributed by atoms with Gasteiger partial charge in [-0.3, -0.25) is 4.79 Å². The molecular formula is C18H13ClFN3OS. The number of hydrogen-bond acceptors (Lipinski definition) is 4. The minimum atomic E-state index is -0.580. The first-order valence-electron chi connectivity index (χ1n) is 7.39. The zero-order chi connectivity index (χ0) is 17.6. The Labute approximate surface area is 153 Å². The number of nitrogens with one attached hydrogen (secondary N) is 1. The van der Waals surface area contributed by atoms with Gasteiger partial charge in [0.2, 0.25) is 0 Å². The van der Waals surface area contributed by atoms with Gasteiger partial charge in [0.15, 0.2) is 5.82 Å². The highest BCUT2D eigenvalue weighted by Gasteiger charge is 2.11. The molecule has 0 unspecified atom stereocenters. The molecule has 0 aliphatic heterocycles. The predicted octanol–water partition coefficient (Wildman–Crippen LogP) is 4.81. The van der Waals surface area contributed by atoms with Crippen molar-refractivity contribution in [1.29, 1.82) is 0 Å². The number of benzene rings is 2. The molecule has 0 bridgehead atoms. The van der Waals surface area contributed by atoms with E-state index in [9.17, 15) is 9.18 Å². The Hall–Kier alpha value is -2.44. The van der Waals surface area contributed by atoms with Crippen LogP contribution in [0.1, 0.15) is 15.9 Å². The molecule has 0 atom stereocenters. The summed E-state index contributed by atoms with van der Waals surface area (Å²) in [6.07, 6.45) is 0. The topological polar surface area (TPSA) is 54.9 Å². The van der Waals surface area contributed by atoms with Gasteiger partial charge in [-0.25, -0.2) is 4.39 Å². The standard InChI is InChI=1S/C18H13ClFN3OS/c19-13-7-5-12(6-8-13)11-25-17-10-9-16(22-23-17)21-18(24)14-3-1-2-4-15(14)20/h1-10H,11H2,(H,21,22,24). The highest BCUT2D eigenvalue weighted by Crippen LogP contribution is 2.22. The molecule has 4 nitrogen and oxygen atoms in total. The van der Waals surface area contributed by atoms with Crippen LogP contribution < -0.4 is 5.32 Å². The van der Waals surface area contributed by atoms with E-state index in [1.807, 2.05) is 24.3 Å². The SMILES string of the molecule is O=C(Nc1ccc(SCc2ccc(Cl)cc2)nn1)c1ccccc1F. The zero-order valence-corrected chi connectivity index (χ0v) is 14.5. The minimum absolute atomic E-state index is 0.0366. The maximum absolute atomic E-state index is 13.6. The Kier molecular flexibility index (Phi) is 5.63. The molecule has 2 aromatic carbocycles. The van der Waals surface area contributed by atoms with Crippen LogP contribution in [0.3, 0.4) is 0 Å². The number of amides is 1. The summed E-state index contributed by atoms with van der Waals surface area (Å²) in [5.74, 6) is -0.145. The Balaban J connectivity index is 1.59. The van der Waals surface area contributed by atoms with Gasteiger partial charge < -0.3 is 5.32 Å². The fourth-order valence-corrected chi connectivity index (χ4v) is 2.93. The molecule has 1 N–H and O–H groups in total. The van der Waals surface area contributed by atoms with E-state index in [-0.39, 0.29) is 11.4 Å². The van der Waals surface area contributed by atoms with Crippen molar-refractivity contribution >= 4 is 35.1 Å². The number of nitrogens with zero attached hydrogens (tertiary/aromatic N) is 2. The summed E-state index contributed by atoms with van der Waals surface area (Å²) in [6.45, 7) is 0. The van der Waals surface area contributed by atoms with Gasteiger partial charge in [-0.2, -0.15) is 0 Å². The van der Waals surface area contributed by atoms with Crippen LogP contribution in [-0.4, -0.2) is 16.1 Å². The molecule has 0 radical (unpaired) electrons. The molecule has 0 aliphatic rings. The van der Waals surface area contributed by atoms with Crippen LogP contribution in [0.25, 0.3) is 0 Å². The summed E-state index contributed by atoms with van der Waals surface area (Å²) in [6, 6.07) is 16.7. The summed E-state index contributed by atoms with van der Waals surface area (Å²) in [5.41, 5.74) is 1.08. The third-order valence-corrected chi connectivity index (χ3v) is 4.54. The van der Waals surface area contributed by atoms with Crippen molar-refractivity contribution in [2.45, 2.75) is 10.8 Å². The third-order valence-electron chi connectivity index (χ3n) is 3.30. The number of halogens is 2. The van der Waals surface area contributed by atoms with Crippen LogP contribution in [0.5, 0.6) is 0 Å². The number of thioether (sulfide) groups is 1. The lowest BCUT2D eigenvalue weighted by Crippen LogP contribution is -2.14. The fourth-order valence-electron chi connectivity index (χ4n) is 2.03. The van der Waals surface area contributed by atoms with Crippen molar-refractivity contribution < 1.29 is 9.18 Å². The van der Waals surface area contributed by atoms with E-state index in [2.05, 4.69) is 15.5 Å². The highest BCUT2D eigenvalue weighted by atomic mass is 35.5. The number of carbonyl (C=O) groups is 1. The van der Waals surface area contributed by atoms with E-state index in [0.717, 1.165) is 16.3 Å². The van der Waals surface area contributed by atoms with Gasteiger partial charge in [-0.05, 0) is 42.0 Å². The molecule has 0 spiro atoms. The highest BCUT2D eigenvalue weighted by molar-refractivity contribution is 7.98. The lowest BCUT2D eigenvalue weighted by Gasteiger charge is -2.05. The molecule has 1 aromatic heterocycles. The third kappa shape index (κ3) is 4.78. The van der Waals surface area contributed by atoms with E-state index < -0.39 is 11.7 Å². The summed E-state index contributed by atoms with van der Waals surface area (Å²) in [7, 11) is 0. The maximum atomic E-state index is 13.6. The first kappa shape index (κ1) is 17.4. The second kappa shape index (κ2) is 8.09. The lowest BCUT2D eigenvalue weighted by atomic mass is 10.2. The van der Waals surface area contributed by atoms with Crippen LogP contribution in [0.2, 0.25) is 5.02 Å². The largest absolute Gasteiger partial charge is 0.305 e. The number of carbonyl (C=O) groups excluding carboxylic acids is 1. The van der Waals surface area contributed by atoms with Crippen molar-refractivity contribution in [2.24, 2.45) is 0 Å². The van der Waals surface area contributed by atoms with Crippen molar-refractivity contribution in [1.82, 2.24) is 10.2 Å². The first-order valence-corrected chi connectivity index (χ1v) is 8.75. The first-order chi connectivity index (χ1) is 12.1. The van der Waals surface area contributed by atoms with Gasteiger partial charge in [0.05, 0.1) is 5.56 Å². The number of aromatic nitrogens is 2. The summed E-state index contributed by atoms with van der Waals surface area (Å²) < 4.78 is 13.6. The molecule has 0 fully saturated rings. The van der Waals surface area contributed by atoms with Crippen LogP contribution in [-0.2, 0) is 5.75 Å². The number of rotatable bonds is 5. The fraction of sp³-hybridized carbons (Fsp3) is 0.0556. The van der Waals surface area contributed by atoms with Gasteiger partial charge in [0.1, 0.15) is 10.8 Å². The zero-order valence-electron chi connectivity index (χ0n) is 12.9. The molecule has 3 rings (SSSR count). The van der Waals surface area contributed by atoms with Gasteiger partial charge >= 0.3 is 0 Å². The summed E-state index contributed by atoms with van der Waals surface area (Å²) >= 11 is 7.37. The van der Waals surface area contributed by atoms with Crippen LogP contribution in [0.4, 0.5) is 10.2 Å². The Morgan fingerprint density at radius 2 is 1.80 bits per heavy atom. The molecule has 1 amide bonds. The molecule has 7 heteroatoms. The van der Waals surface area contributed by atoms with E-state index in [1.54, 1.807) is 18.2 Å². The predicted molar refractivity (Wildman–Crippen MR) is 97.4 cm³/mol. The monoisotopic (exact) mass is 373 g/mol. The molecule has 3 aromatic rings. The quantitative estimate of drug-likeness (QED) is 0.652. The summed E-state index contributed by atoms with van der Waals surface area (Å²) in [4.78, 5) is 12.0. The smallest absolute Gasteiger partial charge is 0.259 e. The van der Waals surface area contributed by atoms with E-state index in [1.165, 1.54) is 30.0 Å². The van der Waals surface area contributed by atoms with E-state index >= 15 is 0 Å². The normalized spacial score (nSPS) is 10.5. The number of anilines is 1. The second-order valence-corrected chi connectivity index (χ2v) is 6.54. The molecule has 0 saturated carbocycles. The molecule has 0 aliphatic carbocycles. The Morgan fingerprint density at radius 1 is 1.04 bits per heavy atom. The lowest BCUT2D eigenvalue weighted by molar-refractivity contribution is 0.102.